The Kier molecular flexibility index (Phi) is 5.78. The van der Waals surface area contributed by atoms with Crippen molar-refractivity contribution in [3.05, 3.63) is 23.9 Å². The van der Waals surface area contributed by atoms with Gasteiger partial charge in [0.15, 0.2) is 5.78 Å². The summed E-state index contributed by atoms with van der Waals surface area (Å²) in [5.41, 5.74) is 0.728. The molecule has 0 saturated carbocycles. The first-order chi connectivity index (χ1) is 8.54. The number of rotatable bonds is 7. The summed E-state index contributed by atoms with van der Waals surface area (Å²) in [6.07, 6.45) is 2.78. The summed E-state index contributed by atoms with van der Waals surface area (Å²) in [6, 6.07) is 3.65. The van der Waals surface area contributed by atoms with Crippen LogP contribution in [0.25, 0.3) is 0 Å². The number of ketones is 1. The highest BCUT2D eigenvalue weighted by molar-refractivity contribution is 5.94. The number of Topliss-reactive ketones (excluding diaryl/α,β-unsaturated/α-hetero) is 1. The first-order valence-corrected chi connectivity index (χ1v) is 6.41. The van der Waals surface area contributed by atoms with E-state index in [-0.39, 0.29) is 5.78 Å². The Morgan fingerprint density at radius 1 is 1.28 bits per heavy atom. The van der Waals surface area contributed by atoms with E-state index < -0.39 is 0 Å². The zero-order valence-corrected chi connectivity index (χ0v) is 11.8. The second-order valence-electron chi connectivity index (χ2n) is 4.75. The molecule has 0 aromatic carbocycles. The summed E-state index contributed by atoms with van der Waals surface area (Å²) in [4.78, 5) is 20.1. The van der Waals surface area contributed by atoms with E-state index >= 15 is 0 Å². The number of hydrogen-bond donors (Lipinski definition) is 0. The maximum atomic E-state index is 11.4. The largest absolute Gasteiger partial charge is 0.355 e. The highest BCUT2D eigenvalue weighted by atomic mass is 16.1. The highest BCUT2D eigenvalue weighted by Gasteiger charge is 2.09. The van der Waals surface area contributed by atoms with Crippen LogP contribution in [-0.2, 0) is 0 Å². The van der Waals surface area contributed by atoms with E-state index in [2.05, 4.69) is 35.8 Å². The van der Waals surface area contributed by atoms with Gasteiger partial charge < -0.3 is 9.80 Å². The van der Waals surface area contributed by atoms with Crippen molar-refractivity contribution in [2.45, 2.75) is 20.3 Å². The quantitative estimate of drug-likeness (QED) is 0.693. The molecule has 1 aromatic rings. The summed E-state index contributed by atoms with van der Waals surface area (Å²) in [7, 11) is 4.12. The molecule has 4 nitrogen and oxygen atoms in total. The Morgan fingerprint density at radius 2 is 2.00 bits per heavy atom. The smallest absolute Gasteiger partial charge is 0.159 e. The molecule has 0 atom stereocenters. The molecular weight excluding hydrogens is 226 g/mol. The predicted molar refractivity (Wildman–Crippen MR) is 75.3 cm³/mol. The van der Waals surface area contributed by atoms with Crippen molar-refractivity contribution >= 4 is 11.6 Å². The summed E-state index contributed by atoms with van der Waals surface area (Å²) >= 11 is 0. The molecule has 1 rings (SSSR count). The molecule has 18 heavy (non-hydrogen) atoms. The first kappa shape index (κ1) is 14.6. The van der Waals surface area contributed by atoms with Gasteiger partial charge in [-0.3, -0.25) is 4.79 Å². The lowest BCUT2D eigenvalue weighted by Gasteiger charge is -2.25. The molecule has 0 amide bonds. The molecule has 4 heteroatoms. The predicted octanol–water partition coefficient (Wildman–Crippen LogP) is 2.06. The number of aromatic nitrogens is 1. The number of anilines is 1. The number of nitrogens with zero attached hydrogens (tertiary/aromatic N) is 3. The van der Waals surface area contributed by atoms with Crippen molar-refractivity contribution in [1.29, 1.82) is 0 Å². The van der Waals surface area contributed by atoms with Crippen molar-refractivity contribution in [1.82, 2.24) is 9.88 Å². The second kappa shape index (κ2) is 7.11. The van der Waals surface area contributed by atoms with Crippen LogP contribution in [0.3, 0.4) is 0 Å². The third kappa shape index (κ3) is 4.45. The van der Waals surface area contributed by atoms with E-state index in [9.17, 15) is 4.79 Å². The van der Waals surface area contributed by atoms with Crippen LogP contribution in [0.1, 0.15) is 30.6 Å². The molecule has 0 saturated heterocycles. The normalized spacial score (nSPS) is 10.7. The van der Waals surface area contributed by atoms with Crippen LogP contribution in [0, 0.1) is 0 Å². The van der Waals surface area contributed by atoms with Crippen LogP contribution < -0.4 is 4.90 Å². The molecule has 1 heterocycles. The zero-order chi connectivity index (χ0) is 13.5. The van der Waals surface area contributed by atoms with E-state index in [1.165, 1.54) is 0 Å². The van der Waals surface area contributed by atoms with E-state index in [1.54, 1.807) is 19.2 Å². The molecule has 0 unspecified atom stereocenters. The lowest BCUT2D eigenvalue weighted by molar-refractivity contribution is 0.101. The molecule has 0 bridgehead atoms. The Hall–Kier alpha value is -1.42. The molecule has 0 spiro atoms. The number of hydrogen-bond acceptors (Lipinski definition) is 4. The van der Waals surface area contributed by atoms with Crippen molar-refractivity contribution in [3.8, 4) is 0 Å². The van der Waals surface area contributed by atoms with Crippen LogP contribution in [-0.4, -0.2) is 49.4 Å². The summed E-state index contributed by atoms with van der Waals surface area (Å²) in [5.74, 6) is 0.981. The van der Waals surface area contributed by atoms with Crippen molar-refractivity contribution < 1.29 is 4.79 Å². The Bertz CT molecular complexity index is 390. The SMILES string of the molecule is CCCN(CCN(C)C)c1cc(C(C)=O)ccn1. The Morgan fingerprint density at radius 3 is 2.56 bits per heavy atom. The van der Waals surface area contributed by atoms with Gasteiger partial charge in [-0.1, -0.05) is 6.92 Å². The van der Waals surface area contributed by atoms with Gasteiger partial charge in [-0.2, -0.15) is 0 Å². The fourth-order valence-electron chi connectivity index (χ4n) is 1.74. The summed E-state index contributed by atoms with van der Waals surface area (Å²) < 4.78 is 0. The van der Waals surface area contributed by atoms with Gasteiger partial charge in [-0.25, -0.2) is 4.98 Å². The van der Waals surface area contributed by atoms with Crippen molar-refractivity contribution in [2.24, 2.45) is 0 Å². The fourth-order valence-corrected chi connectivity index (χ4v) is 1.74. The standard InChI is InChI=1S/C14H23N3O/c1-5-8-17(10-9-16(3)4)14-11-13(12(2)18)6-7-15-14/h6-7,11H,5,8-10H2,1-4H3. The topological polar surface area (TPSA) is 36.4 Å². The first-order valence-electron chi connectivity index (χ1n) is 6.41. The van der Waals surface area contributed by atoms with Crippen LogP contribution in [0.5, 0.6) is 0 Å². The van der Waals surface area contributed by atoms with Crippen LogP contribution >= 0.6 is 0 Å². The van der Waals surface area contributed by atoms with E-state index in [0.717, 1.165) is 37.4 Å². The van der Waals surface area contributed by atoms with Gasteiger partial charge in [0.1, 0.15) is 5.82 Å². The number of carbonyl (C=O) groups excluding carboxylic acids is 1. The van der Waals surface area contributed by atoms with Gasteiger partial charge in [0, 0.05) is 31.4 Å². The minimum atomic E-state index is 0.0858. The molecular formula is C14H23N3O. The fraction of sp³-hybridized carbons (Fsp3) is 0.571. The highest BCUT2D eigenvalue weighted by Crippen LogP contribution is 2.13. The number of likely N-dealkylation sites (N-methyl/N-ethyl adjacent to an activating group) is 1. The van der Waals surface area contributed by atoms with Crippen LogP contribution in [0.2, 0.25) is 0 Å². The van der Waals surface area contributed by atoms with Crippen molar-refractivity contribution in [3.63, 3.8) is 0 Å². The average molecular weight is 249 g/mol. The molecule has 0 fully saturated rings. The second-order valence-corrected chi connectivity index (χ2v) is 4.75. The van der Waals surface area contributed by atoms with E-state index in [1.807, 2.05) is 6.07 Å². The van der Waals surface area contributed by atoms with E-state index in [4.69, 9.17) is 0 Å². The maximum absolute atomic E-state index is 11.4. The van der Waals surface area contributed by atoms with Gasteiger partial charge in [0.25, 0.3) is 0 Å². The molecule has 0 N–H and O–H groups in total. The molecule has 0 aliphatic rings. The zero-order valence-electron chi connectivity index (χ0n) is 11.8. The van der Waals surface area contributed by atoms with Gasteiger partial charge in [0.2, 0.25) is 0 Å². The van der Waals surface area contributed by atoms with Gasteiger partial charge >= 0.3 is 0 Å². The summed E-state index contributed by atoms with van der Waals surface area (Å²) in [5, 5.41) is 0. The number of pyridine rings is 1. The van der Waals surface area contributed by atoms with Crippen molar-refractivity contribution in [2.75, 3.05) is 38.6 Å². The number of carbonyl (C=O) groups is 1. The van der Waals surface area contributed by atoms with Crippen LogP contribution in [0.4, 0.5) is 5.82 Å². The van der Waals surface area contributed by atoms with E-state index in [0.29, 0.717) is 0 Å². The molecule has 1 aromatic heterocycles. The molecule has 0 aliphatic carbocycles. The maximum Gasteiger partial charge on any atom is 0.159 e. The average Bonchev–Trinajstić information content (AvgIpc) is 2.34. The minimum Gasteiger partial charge on any atom is -0.355 e. The third-order valence-electron chi connectivity index (χ3n) is 2.79. The summed E-state index contributed by atoms with van der Waals surface area (Å²) in [6.45, 7) is 6.60. The van der Waals surface area contributed by atoms with Crippen LogP contribution in [0.15, 0.2) is 18.3 Å². The lowest BCUT2D eigenvalue weighted by Crippen LogP contribution is -2.33. The molecule has 100 valence electrons. The lowest BCUT2D eigenvalue weighted by atomic mass is 10.2. The van der Waals surface area contributed by atoms with Gasteiger partial charge in [-0.15, -0.1) is 0 Å². The molecule has 0 aliphatic heterocycles. The minimum absolute atomic E-state index is 0.0858. The monoisotopic (exact) mass is 249 g/mol. The van der Waals surface area contributed by atoms with Gasteiger partial charge in [-0.05, 0) is 39.6 Å². The third-order valence-corrected chi connectivity index (χ3v) is 2.79. The molecule has 0 radical (unpaired) electrons. The van der Waals surface area contributed by atoms with Gasteiger partial charge in [0.05, 0.1) is 0 Å². The Labute approximate surface area is 110 Å². The Balaban J connectivity index is 2.83.